The van der Waals surface area contributed by atoms with Crippen molar-refractivity contribution in [3.8, 4) is 5.75 Å². The Balaban J connectivity index is 1.94. The number of nitrogens with zero attached hydrogens (tertiary/aromatic N) is 1. The number of carbonyl (C=O) groups is 1. The fourth-order valence-corrected chi connectivity index (χ4v) is 2.91. The maximum atomic E-state index is 13.4. The normalized spacial score (nSPS) is 11.2. The van der Waals surface area contributed by atoms with Gasteiger partial charge in [-0.15, -0.1) is 0 Å². The van der Waals surface area contributed by atoms with Crippen LogP contribution in [0.1, 0.15) is 15.9 Å². The van der Waals surface area contributed by atoms with E-state index in [0.29, 0.717) is 21.5 Å². The van der Waals surface area contributed by atoms with Gasteiger partial charge in [-0.1, -0.05) is 11.6 Å². The number of halogens is 2. The Morgan fingerprint density at radius 3 is 2.73 bits per heavy atom. The second-order valence-corrected chi connectivity index (χ2v) is 6.08. The molecule has 0 bridgehead atoms. The Morgan fingerprint density at radius 2 is 1.92 bits per heavy atom. The van der Waals surface area contributed by atoms with E-state index in [1.165, 1.54) is 12.3 Å². The van der Waals surface area contributed by atoms with Gasteiger partial charge >= 0.3 is 5.63 Å². The third kappa shape index (κ3) is 2.60. The van der Waals surface area contributed by atoms with Crippen molar-refractivity contribution in [3.05, 3.63) is 81.0 Å². The first-order valence-corrected chi connectivity index (χ1v) is 7.87. The molecule has 7 heteroatoms. The van der Waals surface area contributed by atoms with Crippen LogP contribution >= 0.6 is 11.6 Å². The van der Waals surface area contributed by atoms with Crippen LogP contribution in [0.5, 0.6) is 5.75 Å². The van der Waals surface area contributed by atoms with Crippen LogP contribution in [-0.4, -0.2) is 15.9 Å². The lowest BCUT2D eigenvalue weighted by Crippen LogP contribution is -2.07. The minimum atomic E-state index is -0.667. The molecule has 0 saturated carbocycles. The average molecular weight is 370 g/mol. The highest BCUT2D eigenvalue weighted by atomic mass is 35.5. The van der Waals surface area contributed by atoms with Crippen molar-refractivity contribution in [2.75, 3.05) is 0 Å². The number of phenolic OH excluding ortho intramolecular Hbond substituents is 1. The zero-order valence-corrected chi connectivity index (χ0v) is 13.7. The summed E-state index contributed by atoms with van der Waals surface area (Å²) in [6.45, 7) is 0. The zero-order chi connectivity index (χ0) is 18.4. The molecule has 2 aromatic carbocycles. The summed E-state index contributed by atoms with van der Waals surface area (Å²) in [5.41, 5.74) is -0.216. The zero-order valence-electron chi connectivity index (χ0n) is 13.0. The third-order valence-corrected chi connectivity index (χ3v) is 4.21. The van der Waals surface area contributed by atoms with Crippen molar-refractivity contribution in [2.45, 2.75) is 0 Å². The second-order valence-electron chi connectivity index (χ2n) is 5.64. The number of pyridine rings is 1. The molecule has 0 saturated heterocycles. The first-order chi connectivity index (χ1) is 12.4. The Labute approximate surface area is 150 Å². The fourth-order valence-electron chi connectivity index (χ4n) is 2.74. The predicted octanol–water partition coefficient (Wildman–Crippen LogP) is 4.07. The van der Waals surface area contributed by atoms with Crippen LogP contribution in [-0.2, 0) is 0 Å². The van der Waals surface area contributed by atoms with Gasteiger partial charge in [-0.2, -0.15) is 0 Å². The van der Waals surface area contributed by atoms with E-state index in [1.807, 2.05) is 0 Å². The monoisotopic (exact) mass is 369 g/mol. The highest BCUT2D eigenvalue weighted by molar-refractivity contribution is 6.31. The molecule has 0 amide bonds. The van der Waals surface area contributed by atoms with Crippen molar-refractivity contribution in [1.82, 2.24) is 4.98 Å². The quantitative estimate of drug-likeness (QED) is 0.327. The molecule has 0 aliphatic heterocycles. The van der Waals surface area contributed by atoms with Crippen molar-refractivity contribution < 1.29 is 18.7 Å². The van der Waals surface area contributed by atoms with Gasteiger partial charge in [-0.05, 0) is 42.5 Å². The Hall–Kier alpha value is -3.25. The number of hydrogen-bond acceptors (Lipinski definition) is 5. The van der Waals surface area contributed by atoms with E-state index < -0.39 is 17.2 Å². The molecule has 0 atom stereocenters. The predicted molar refractivity (Wildman–Crippen MR) is 94.3 cm³/mol. The molecule has 2 aromatic heterocycles. The van der Waals surface area contributed by atoms with E-state index in [4.69, 9.17) is 16.0 Å². The first kappa shape index (κ1) is 16.2. The molecule has 0 spiro atoms. The number of aromatic hydroxyl groups is 1. The van der Waals surface area contributed by atoms with Gasteiger partial charge in [-0.3, -0.25) is 9.78 Å². The van der Waals surface area contributed by atoms with Crippen LogP contribution in [0.15, 0.2) is 57.9 Å². The summed E-state index contributed by atoms with van der Waals surface area (Å²) in [6.07, 6.45) is 1.26. The smallest absolute Gasteiger partial charge is 0.345 e. The number of hydrogen-bond donors (Lipinski definition) is 1. The lowest BCUT2D eigenvalue weighted by molar-refractivity contribution is 0.103. The van der Waals surface area contributed by atoms with Gasteiger partial charge in [0.15, 0.2) is 5.78 Å². The minimum absolute atomic E-state index is 0.0204. The van der Waals surface area contributed by atoms with Crippen molar-refractivity contribution >= 4 is 39.3 Å². The maximum Gasteiger partial charge on any atom is 0.345 e. The van der Waals surface area contributed by atoms with Crippen molar-refractivity contribution in [1.29, 1.82) is 0 Å². The molecule has 1 N–H and O–H groups in total. The Kier molecular flexibility index (Phi) is 3.70. The average Bonchev–Trinajstić information content (AvgIpc) is 2.63. The van der Waals surface area contributed by atoms with Crippen molar-refractivity contribution in [2.24, 2.45) is 0 Å². The molecule has 128 valence electrons. The Morgan fingerprint density at radius 1 is 1.12 bits per heavy atom. The van der Waals surface area contributed by atoms with E-state index in [2.05, 4.69) is 4.98 Å². The number of rotatable bonds is 2. The SMILES string of the molecule is O=C(c1cnc2c(c1)c(=O)oc1ccc(Cl)cc12)c1cc(F)ccc1O. The van der Waals surface area contributed by atoms with Crippen LogP contribution in [0.3, 0.4) is 0 Å². The molecule has 2 heterocycles. The number of carbonyl (C=O) groups excluding carboxylic acids is 1. The molecular formula is C19H9ClFNO4. The minimum Gasteiger partial charge on any atom is -0.507 e. The number of ketones is 1. The van der Waals surface area contributed by atoms with Crippen LogP contribution in [0.25, 0.3) is 21.9 Å². The summed E-state index contributed by atoms with van der Waals surface area (Å²) in [5.74, 6) is -1.70. The molecule has 4 rings (SSSR count). The first-order valence-electron chi connectivity index (χ1n) is 7.49. The molecule has 0 radical (unpaired) electrons. The summed E-state index contributed by atoms with van der Waals surface area (Å²) in [6, 6.07) is 9.10. The molecular weight excluding hydrogens is 361 g/mol. The standard InChI is InChI=1S/C19H9ClFNO4/c20-10-1-4-16-13(6-10)17-14(19(25)26-16)5-9(8-22-17)18(24)12-7-11(21)2-3-15(12)23/h1-8,23H. The van der Waals surface area contributed by atoms with Gasteiger partial charge in [0.1, 0.15) is 17.1 Å². The molecule has 0 unspecified atom stereocenters. The van der Waals surface area contributed by atoms with E-state index in [9.17, 15) is 19.1 Å². The van der Waals surface area contributed by atoms with Gasteiger partial charge < -0.3 is 9.52 Å². The Bertz CT molecular complexity index is 1270. The molecule has 26 heavy (non-hydrogen) atoms. The van der Waals surface area contributed by atoms with Crippen LogP contribution in [0.4, 0.5) is 4.39 Å². The van der Waals surface area contributed by atoms with Crippen LogP contribution in [0, 0.1) is 5.82 Å². The van der Waals surface area contributed by atoms with Gasteiger partial charge in [0.25, 0.3) is 0 Å². The topological polar surface area (TPSA) is 80.4 Å². The largest absolute Gasteiger partial charge is 0.507 e. The van der Waals surface area contributed by atoms with Gasteiger partial charge in [-0.25, -0.2) is 9.18 Å². The number of fused-ring (bicyclic) bond motifs is 3. The summed E-state index contributed by atoms with van der Waals surface area (Å²) in [5, 5.41) is 10.9. The van der Waals surface area contributed by atoms with Crippen LogP contribution < -0.4 is 5.63 Å². The summed E-state index contributed by atoms with van der Waals surface area (Å²) < 4.78 is 18.6. The van der Waals surface area contributed by atoms with E-state index in [0.717, 1.165) is 18.2 Å². The lowest BCUT2D eigenvalue weighted by atomic mass is 10.0. The van der Waals surface area contributed by atoms with E-state index in [-0.39, 0.29) is 22.3 Å². The number of phenols is 1. The van der Waals surface area contributed by atoms with E-state index >= 15 is 0 Å². The highest BCUT2D eigenvalue weighted by Gasteiger charge is 2.17. The number of aromatic nitrogens is 1. The molecule has 0 fully saturated rings. The molecule has 0 aliphatic carbocycles. The fraction of sp³-hybridized carbons (Fsp3) is 0. The van der Waals surface area contributed by atoms with Crippen LogP contribution in [0.2, 0.25) is 5.02 Å². The molecule has 4 aromatic rings. The lowest BCUT2D eigenvalue weighted by Gasteiger charge is -2.06. The summed E-state index contributed by atoms with van der Waals surface area (Å²) in [7, 11) is 0. The highest BCUT2D eigenvalue weighted by Crippen LogP contribution is 2.26. The third-order valence-electron chi connectivity index (χ3n) is 3.97. The molecule has 0 aliphatic rings. The summed E-state index contributed by atoms with van der Waals surface area (Å²) in [4.78, 5) is 29.0. The maximum absolute atomic E-state index is 13.4. The van der Waals surface area contributed by atoms with Gasteiger partial charge in [0, 0.05) is 22.2 Å². The second kappa shape index (κ2) is 5.93. The number of benzene rings is 2. The van der Waals surface area contributed by atoms with Crippen molar-refractivity contribution in [3.63, 3.8) is 0 Å². The summed E-state index contributed by atoms with van der Waals surface area (Å²) >= 11 is 5.99. The van der Waals surface area contributed by atoms with E-state index in [1.54, 1.807) is 18.2 Å². The molecule has 5 nitrogen and oxygen atoms in total. The van der Waals surface area contributed by atoms with Gasteiger partial charge in [0.05, 0.1) is 16.5 Å². The van der Waals surface area contributed by atoms with Gasteiger partial charge in [0.2, 0.25) is 0 Å².